The Morgan fingerprint density at radius 1 is 1.19 bits per heavy atom. The number of nitrogen functional groups attached to an aromatic ring is 1. The van der Waals surface area contributed by atoms with Crippen LogP contribution in [0.2, 0.25) is 0 Å². The van der Waals surface area contributed by atoms with Gasteiger partial charge in [-0.2, -0.15) is 0 Å². The molecule has 0 fully saturated rings. The van der Waals surface area contributed by atoms with Crippen molar-refractivity contribution in [3.63, 3.8) is 0 Å². The molecule has 0 aliphatic rings. The lowest BCUT2D eigenvalue weighted by Gasteiger charge is -2.09. The lowest BCUT2D eigenvalue weighted by atomic mass is 10.2. The van der Waals surface area contributed by atoms with Crippen LogP contribution in [0.15, 0.2) is 54.7 Å². The second-order valence-electron chi connectivity index (χ2n) is 5.55. The van der Waals surface area contributed by atoms with Gasteiger partial charge < -0.3 is 20.9 Å². The summed E-state index contributed by atoms with van der Waals surface area (Å²) < 4.78 is 7.17. The van der Waals surface area contributed by atoms with E-state index in [2.05, 4.69) is 15.6 Å². The number of carbonyl (C=O) groups is 1. The average molecular weight is 353 g/mol. The van der Waals surface area contributed by atoms with Crippen LogP contribution in [0.25, 0.3) is 0 Å². The summed E-state index contributed by atoms with van der Waals surface area (Å²) >= 11 is 0. The summed E-state index contributed by atoms with van der Waals surface area (Å²) in [6, 6.07) is 13.8. The summed E-state index contributed by atoms with van der Waals surface area (Å²) in [4.78, 5) is 12.3. The van der Waals surface area contributed by atoms with Crippen molar-refractivity contribution in [2.75, 3.05) is 17.7 Å². The first-order chi connectivity index (χ1) is 12.7. The molecule has 1 aromatic heterocycles. The first kappa shape index (κ1) is 17.4. The number of nitrogens with zero attached hydrogens (tertiary/aromatic N) is 3. The van der Waals surface area contributed by atoms with E-state index in [0.717, 1.165) is 0 Å². The van der Waals surface area contributed by atoms with Crippen molar-refractivity contribution in [3.8, 4) is 5.75 Å². The van der Waals surface area contributed by atoms with E-state index in [1.807, 2.05) is 0 Å². The van der Waals surface area contributed by atoms with Crippen LogP contribution in [-0.2, 0) is 13.2 Å². The summed E-state index contributed by atoms with van der Waals surface area (Å²) in [5, 5.41) is 19.4. The number of nitrogens with two attached hydrogens (primary N) is 1. The maximum absolute atomic E-state index is 12.3. The number of hydrogen-bond acceptors (Lipinski definition) is 6. The van der Waals surface area contributed by atoms with E-state index in [4.69, 9.17) is 15.6 Å². The second kappa shape index (κ2) is 8.13. The van der Waals surface area contributed by atoms with Crippen molar-refractivity contribution in [2.45, 2.75) is 13.2 Å². The van der Waals surface area contributed by atoms with Crippen LogP contribution in [0.4, 0.5) is 11.4 Å². The van der Waals surface area contributed by atoms with E-state index in [9.17, 15) is 4.79 Å². The first-order valence-electron chi connectivity index (χ1n) is 8.04. The van der Waals surface area contributed by atoms with Gasteiger partial charge >= 0.3 is 0 Å². The van der Waals surface area contributed by atoms with Crippen LogP contribution in [-0.4, -0.2) is 32.6 Å². The molecule has 26 heavy (non-hydrogen) atoms. The predicted molar refractivity (Wildman–Crippen MR) is 96.7 cm³/mol. The number of rotatable bonds is 7. The third-order valence-electron chi connectivity index (χ3n) is 3.63. The molecule has 0 saturated carbocycles. The number of anilines is 2. The molecule has 2 aromatic carbocycles. The normalized spacial score (nSPS) is 10.5. The summed E-state index contributed by atoms with van der Waals surface area (Å²) in [7, 11) is 0. The number of hydrogen-bond donors (Lipinski definition) is 3. The zero-order valence-corrected chi connectivity index (χ0v) is 14.0. The van der Waals surface area contributed by atoms with Gasteiger partial charge in [0.25, 0.3) is 5.91 Å². The van der Waals surface area contributed by atoms with E-state index in [0.29, 0.717) is 34.9 Å². The predicted octanol–water partition coefficient (Wildman–Crippen LogP) is 1.68. The fraction of sp³-hybridized carbons (Fsp3) is 0.167. The minimum Gasteiger partial charge on any atom is -0.487 e. The number of para-hydroxylation sites is 2. The number of ether oxygens (including phenoxy) is 1. The standard InChI is InChI=1S/C18H19N5O3/c19-16-3-1-2-4-17(16)20-18(25)13-5-7-15(8-6-13)26-12-14-11-23(9-10-24)22-21-14/h1-8,11,24H,9-10,12,19H2,(H,20,25). The van der Waals surface area contributed by atoms with E-state index in [1.165, 1.54) is 0 Å². The van der Waals surface area contributed by atoms with Crippen LogP contribution in [0, 0.1) is 0 Å². The molecule has 0 bridgehead atoms. The van der Waals surface area contributed by atoms with E-state index in [-0.39, 0.29) is 19.1 Å². The molecule has 0 unspecified atom stereocenters. The molecule has 134 valence electrons. The zero-order valence-electron chi connectivity index (χ0n) is 14.0. The number of benzene rings is 2. The summed E-state index contributed by atoms with van der Waals surface area (Å²) in [6.45, 7) is 0.641. The maximum Gasteiger partial charge on any atom is 0.255 e. The number of carbonyl (C=O) groups excluding carboxylic acids is 1. The molecule has 0 aliphatic carbocycles. The molecule has 3 rings (SSSR count). The van der Waals surface area contributed by atoms with E-state index in [1.54, 1.807) is 59.4 Å². The topological polar surface area (TPSA) is 115 Å². The van der Waals surface area contributed by atoms with Gasteiger partial charge in [-0.15, -0.1) is 5.10 Å². The number of aromatic nitrogens is 3. The quantitative estimate of drug-likeness (QED) is 0.557. The molecule has 0 atom stereocenters. The Balaban J connectivity index is 1.57. The van der Waals surface area contributed by atoms with Gasteiger partial charge in [0.2, 0.25) is 0 Å². The maximum atomic E-state index is 12.3. The Bertz CT molecular complexity index is 877. The molecule has 0 saturated heterocycles. The van der Waals surface area contributed by atoms with Crippen molar-refractivity contribution >= 4 is 17.3 Å². The minimum absolute atomic E-state index is 0.00180. The Labute approximate surface area is 150 Å². The van der Waals surface area contributed by atoms with Gasteiger partial charge in [-0.1, -0.05) is 17.3 Å². The second-order valence-corrected chi connectivity index (χ2v) is 5.55. The third kappa shape index (κ3) is 4.37. The molecule has 3 aromatic rings. The van der Waals surface area contributed by atoms with Gasteiger partial charge in [-0.3, -0.25) is 4.79 Å². The lowest BCUT2D eigenvalue weighted by molar-refractivity contribution is 0.102. The average Bonchev–Trinajstić information content (AvgIpc) is 3.10. The van der Waals surface area contributed by atoms with Gasteiger partial charge in [0.1, 0.15) is 18.1 Å². The molecule has 8 nitrogen and oxygen atoms in total. The van der Waals surface area contributed by atoms with Crippen LogP contribution in [0.5, 0.6) is 5.75 Å². The Morgan fingerprint density at radius 2 is 1.96 bits per heavy atom. The van der Waals surface area contributed by atoms with Crippen molar-refractivity contribution in [2.24, 2.45) is 0 Å². The Morgan fingerprint density at radius 3 is 2.69 bits per heavy atom. The first-order valence-corrected chi connectivity index (χ1v) is 8.04. The van der Waals surface area contributed by atoms with E-state index < -0.39 is 0 Å². The summed E-state index contributed by atoms with van der Waals surface area (Å²) in [5.41, 5.74) is 8.05. The zero-order chi connectivity index (χ0) is 18.4. The van der Waals surface area contributed by atoms with Gasteiger partial charge in [-0.25, -0.2) is 4.68 Å². The number of aliphatic hydroxyl groups excluding tert-OH is 1. The molecule has 1 amide bonds. The SMILES string of the molecule is Nc1ccccc1NC(=O)c1ccc(OCc2cn(CCO)nn2)cc1. The van der Waals surface area contributed by atoms with Crippen LogP contribution in [0.3, 0.4) is 0 Å². The van der Waals surface area contributed by atoms with Crippen molar-refractivity contribution in [1.29, 1.82) is 0 Å². The molecular weight excluding hydrogens is 334 g/mol. The van der Waals surface area contributed by atoms with Crippen molar-refractivity contribution in [3.05, 3.63) is 66.0 Å². The molecule has 1 heterocycles. The Hall–Kier alpha value is -3.39. The highest BCUT2D eigenvalue weighted by molar-refractivity contribution is 6.05. The van der Waals surface area contributed by atoms with Crippen LogP contribution in [0.1, 0.15) is 16.1 Å². The monoisotopic (exact) mass is 353 g/mol. The van der Waals surface area contributed by atoms with Gasteiger partial charge in [0, 0.05) is 5.56 Å². The van der Waals surface area contributed by atoms with Crippen molar-refractivity contribution < 1.29 is 14.6 Å². The van der Waals surface area contributed by atoms with Crippen LogP contribution < -0.4 is 15.8 Å². The highest BCUT2D eigenvalue weighted by Gasteiger charge is 2.08. The molecule has 8 heteroatoms. The highest BCUT2D eigenvalue weighted by atomic mass is 16.5. The molecular formula is C18H19N5O3. The van der Waals surface area contributed by atoms with E-state index >= 15 is 0 Å². The van der Waals surface area contributed by atoms with Gasteiger partial charge in [-0.05, 0) is 36.4 Å². The molecule has 4 N–H and O–H groups in total. The molecule has 0 radical (unpaired) electrons. The molecule has 0 spiro atoms. The highest BCUT2D eigenvalue weighted by Crippen LogP contribution is 2.19. The fourth-order valence-electron chi connectivity index (χ4n) is 2.28. The van der Waals surface area contributed by atoms with Gasteiger partial charge in [0.05, 0.1) is 30.7 Å². The number of aliphatic hydroxyl groups is 1. The number of amides is 1. The smallest absolute Gasteiger partial charge is 0.255 e. The van der Waals surface area contributed by atoms with Crippen molar-refractivity contribution in [1.82, 2.24) is 15.0 Å². The third-order valence-corrected chi connectivity index (χ3v) is 3.63. The fourth-order valence-corrected chi connectivity index (χ4v) is 2.28. The Kier molecular flexibility index (Phi) is 5.45. The number of nitrogens with one attached hydrogen (secondary N) is 1. The molecule has 0 aliphatic heterocycles. The summed E-state index contributed by atoms with van der Waals surface area (Å²) in [5.74, 6) is 0.360. The van der Waals surface area contributed by atoms with Gasteiger partial charge in [0.15, 0.2) is 0 Å². The largest absolute Gasteiger partial charge is 0.487 e. The summed E-state index contributed by atoms with van der Waals surface area (Å²) in [6.07, 6.45) is 1.71. The minimum atomic E-state index is -0.249. The van der Waals surface area contributed by atoms with Crippen LogP contribution >= 0.6 is 0 Å². The lowest BCUT2D eigenvalue weighted by Crippen LogP contribution is -2.13.